The number of methoxy groups -OCH3 is 1. The Morgan fingerprint density at radius 3 is 2.65 bits per heavy atom. The van der Waals surface area contributed by atoms with Crippen LogP contribution in [0, 0.1) is 12.8 Å². The van der Waals surface area contributed by atoms with Crippen LogP contribution in [0.3, 0.4) is 0 Å². The Labute approximate surface area is 182 Å². The molecule has 1 aliphatic rings. The van der Waals surface area contributed by atoms with Crippen LogP contribution in [0.25, 0.3) is 0 Å². The summed E-state index contributed by atoms with van der Waals surface area (Å²) in [6, 6.07) is 14.5. The molecule has 0 saturated carbocycles. The highest BCUT2D eigenvalue weighted by atomic mass is 16.5. The van der Waals surface area contributed by atoms with E-state index in [1.165, 1.54) is 0 Å². The number of benzene rings is 2. The van der Waals surface area contributed by atoms with E-state index in [0.717, 1.165) is 21.6 Å². The largest absolute Gasteiger partial charge is 0.496 e. The zero-order valence-electron chi connectivity index (χ0n) is 18.2. The number of carbonyl (C=O) groups excluding carboxylic acids is 3. The summed E-state index contributed by atoms with van der Waals surface area (Å²) in [6.07, 6.45) is 1.03. The van der Waals surface area contributed by atoms with Gasteiger partial charge in [0.25, 0.3) is 0 Å². The molecule has 4 amide bonds. The zero-order valence-corrected chi connectivity index (χ0v) is 18.2. The predicted molar refractivity (Wildman–Crippen MR) is 118 cm³/mol. The first-order valence-electron chi connectivity index (χ1n) is 10.5. The summed E-state index contributed by atoms with van der Waals surface area (Å²) in [5.74, 6) is -0.609. The van der Waals surface area contributed by atoms with Gasteiger partial charge in [0.15, 0.2) is 0 Å². The molecule has 7 heteroatoms. The van der Waals surface area contributed by atoms with Crippen LogP contribution >= 0.6 is 0 Å². The van der Waals surface area contributed by atoms with Gasteiger partial charge in [0.1, 0.15) is 12.3 Å². The van der Waals surface area contributed by atoms with E-state index in [1.54, 1.807) is 7.11 Å². The Morgan fingerprint density at radius 2 is 1.97 bits per heavy atom. The molecule has 0 aliphatic carbocycles. The van der Waals surface area contributed by atoms with Crippen LogP contribution < -0.4 is 15.4 Å². The monoisotopic (exact) mass is 423 g/mol. The Hall–Kier alpha value is -3.35. The van der Waals surface area contributed by atoms with Crippen molar-refractivity contribution in [3.8, 4) is 5.75 Å². The van der Waals surface area contributed by atoms with Gasteiger partial charge in [-0.3, -0.25) is 14.5 Å². The molecule has 2 atom stereocenters. The van der Waals surface area contributed by atoms with E-state index in [9.17, 15) is 14.4 Å². The number of hydrogen-bond donors (Lipinski definition) is 2. The van der Waals surface area contributed by atoms with Gasteiger partial charge < -0.3 is 15.4 Å². The Morgan fingerprint density at radius 1 is 1.23 bits per heavy atom. The Balaban J connectivity index is 1.80. The standard InChI is InChI=1S/C24H29N3O4/c1-4-20(17-8-6-5-7-9-17)26-24(30)27-15-22(28)25-14-19(23(27)29)13-18-12-16(2)10-11-21(18)31-3/h5-12,19-20H,4,13-15H2,1-3H3,(H,25,28)(H,26,30). The molecule has 1 aliphatic heterocycles. The van der Waals surface area contributed by atoms with Crippen LogP contribution in [0.1, 0.15) is 36.1 Å². The maximum Gasteiger partial charge on any atom is 0.325 e. The molecule has 2 aromatic carbocycles. The quantitative estimate of drug-likeness (QED) is 0.748. The number of carbonyl (C=O) groups is 3. The summed E-state index contributed by atoms with van der Waals surface area (Å²) in [4.78, 5) is 39.5. The summed E-state index contributed by atoms with van der Waals surface area (Å²) >= 11 is 0. The molecule has 7 nitrogen and oxygen atoms in total. The number of hydrogen-bond acceptors (Lipinski definition) is 4. The van der Waals surface area contributed by atoms with Crippen LogP contribution in [0.4, 0.5) is 4.79 Å². The summed E-state index contributed by atoms with van der Waals surface area (Å²) in [5.41, 5.74) is 2.86. The molecule has 2 N–H and O–H groups in total. The number of nitrogens with zero attached hydrogens (tertiary/aromatic N) is 1. The molecule has 1 saturated heterocycles. The highest BCUT2D eigenvalue weighted by molar-refractivity contribution is 6.00. The third-order valence-electron chi connectivity index (χ3n) is 5.52. The first-order chi connectivity index (χ1) is 14.9. The minimum Gasteiger partial charge on any atom is -0.496 e. The molecule has 0 spiro atoms. The van der Waals surface area contributed by atoms with Gasteiger partial charge in [-0.1, -0.05) is 55.0 Å². The van der Waals surface area contributed by atoms with Crippen LogP contribution in [0.5, 0.6) is 5.75 Å². The van der Waals surface area contributed by atoms with E-state index in [0.29, 0.717) is 18.6 Å². The van der Waals surface area contributed by atoms with E-state index in [-0.39, 0.29) is 30.9 Å². The fourth-order valence-electron chi connectivity index (χ4n) is 3.82. The van der Waals surface area contributed by atoms with Crippen LogP contribution in [-0.4, -0.2) is 42.9 Å². The van der Waals surface area contributed by atoms with Gasteiger partial charge in [-0.15, -0.1) is 0 Å². The molecule has 0 bridgehead atoms. The van der Waals surface area contributed by atoms with Crippen LogP contribution in [0.15, 0.2) is 48.5 Å². The second-order valence-electron chi connectivity index (χ2n) is 7.77. The normalized spacial score (nSPS) is 17.5. The molecule has 2 unspecified atom stereocenters. The van der Waals surface area contributed by atoms with E-state index < -0.39 is 11.9 Å². The number of rotatable bonds is 6. The Bertz CT molecular complexity index is 945. The lowest BCUT2D eigenvalue weighted by Gasteiger charge is -2.25. The van der Waals surface area contributed by atoms with Gasteiger partial charge in [-0.2, -0.15) is 0 Å². The van der Waals surface area contributed by atoms with Gasteiger partial charge >= 0.3 is 6.03 Å². The fraction of sp³-hybridized carbons (Fsp3) is 0.375. The van der Waals surface area contributed by atoms with Crippen molar-refractivity contribution in [2.75, 3.05) is 20.2 Å². The van der Waals surface area contributed by atoms with Crippen molar-refractivity contribution >= 4 is 17.8 Å². The number of ether oxygens (including phenoxy) is 1. The highest BCUT2D eigenvalue weighted by Gasteiger charge is 2.35. The molecular weight excluding hydrogens is 394 g/mol. The minimum atomic E-state index is -0.565. The van der Waals surface area contributed by atoms with E-state index in [4.69, 9.17) is 4.74 Å². The van der Waals surface area contributed by atoms with Gasteiger partial charge in [-0.05, 0) is 37.0 Å². The van der Waals surface area contributed by atoms with Crippen molar-refractivity contribution in [3.05, 3.63) is 65.2 Å². The number of amides is 4. The maximum atomic E-state index is 13.3. The van der Waals surface area contributed by atoms with E-state index in [1.807, 2.05) is 62.4 Å². The highest BCUT2D eigenvalue weighted by Crippen LogP contribution is 2.24. The SMILES string of the molecule is CCC(NC(=O)N1CC(=O)NCC(Cc2cc(C)ccc2OC)C1=O)c1ccccc1. The van der Waals surface area contributed by atoms with Gasteiger partial charge in [-0.25, -0.2) is 4.79 Å². The lowest BCUT2D eigenvalue weighted by molar-refractivity contribution is -0.133. The molecule has 2 aromatic rings. The second-order valence-corrected chi connectivity index (χ2v) is 7.77. The molecule has 1 heterocycles. The lowest BCUT2D eigenvalue weighted by atomic mass is 9.96. The van der Waals surface area contributed by atoms with Crippen molar-refractivity contribution in [3.63, 3.8) is 0 Å². The molecular formula is C24H29N3O4. The van der Waals surface area contributed by atoms with Crippen molar-refractivity contribution in [1.82, 2.24) is 15.5 Å². The van der Waals surface area contributed by atoms with Crippen molar-refractivity contribution in [2.24, 2.45) is 5.92 Å². The number of aryl methyl sites for hydroxylation is 1. The first kappa shape index (κ1) is 22.3. The summed E-state index contributed by atoms with van der Waals surface area (Å²) in [7, 11) is 1.58. The molecule has 1 fully saturated rings. The van der Waals surface area contributed by atoms with Gasteiger partial charge in [0, 0.05) is 6.54 Å². The average molecular weight is 424 g/mol. The van der Waals surface area contributed by atoms with Crippen LogP contribution in [0.2, 0.25) is 0 Å². The smallest absolute Gasteiger partial charge is 0.325 e. The third-order valence-corrected chi connectivity index (χ3v) is 5.52. The molecule has 3 rings (SSSR count). The minimum absolute atomic E-state index is 0.175. The van der Waals surface area contributed by atoms with E-state index >= 15 is 0 Å². The van der Waals surface area contributed by atoms with Gasteiger partial charge in [0.05, 0.1) is 19.1 Å². The summed E-state index contributed by atoms with van der Waals surface area (Å²) < 4.78 is 5.43. The Kier molecular flexibility index (Phi) is 7.28. The van der Waals surface area contributed by atoms with Crippen molar-refractivity contribution in [2.45, 2.75) is 32.7 Å². The summed E-state index contributed by atoms with van der Waals surface area (Å²) in [6.45, 7) is 3.81. The van der Waals surface area contributed by atoms with Crippen molar-refractivity contribution < 1.29 is 19.1 Å². The van der Waals surface area contributed by atoms with E-state index in [2.05, 4.69) is 10.6 Å². The summed E-state index contributed by atoms with van der Waals surface area (Å²) in [5, 5.41) is 5.67. The first-order valence-corrected chi connectivity index (χ1v) is 10.5. The molecule has 0 radical (unpaired) electrons. The van der Waals surface area contributed by atoms with Gasteiger partial charge in [0.2, 0.25) is 11.8 Å². The predicted octanol–water partition coefficient (Wildman–Crippen LogP) is 2.98. The molecule has 0 aromatic heterocycles. The molecule has 31 heavy (non-hydrogen) atoms. The average Bonchev–Trinajstić information content (AvgIpc) is 2.91. The number of nitrogens with one attached hydrogen (secondary N) is 2. The second kappa shape index (κ2) is 10.1. The van der Waals surface area contributed by atoms with Crippen molar-refractivity contribution in [1.29, 1.82) is 0 Å². The lowest BCUT2D eigenvalue weighted by Crippen LogP contribution is -2.48. The molecule has 164 valence electrons. The number of urea groups is 1. The fourth-order valence-corrected chi connectivity index (χ4v) is 3.82. The topological polar surface area (TPSA) is 87.7 Å². The zero-order chi connectivity index (χ0) is 22.4. The van der Waals surface area contributed by atoms with Crippen LogP contribution in [-0.2, 0) is 16.0 Å². The number of imide groups is 1. The maximum absolute atomic E-state index is 13.3. The third kappa shape index (κ3) is 5.42.